The molecule has 1 aromatic carbocycles. The number of nitrogens with zero attached hydrogens (tertiary/aromatic N) is 4. The van der Waals surface area contributed by atoms with Gasteiger partial charge in [0.05, 0.1) is 30.2 Å². The van der Waals surface area contributed by atoms with E-state index in [1.807, 2.05) is 29.1 Å². The van der Waals surface area contributed by atoms with Crippen LogP contribution < -0.4 is 15.3 Å². The maximum Gasteiger partial charge on any atom is 0.453 e. The number of aromatic nitrogens is 3. The minimum Gasteiger partial charge on any atom is -0.477 e. The van der Waals surface area contributed by atoms with E-state index in [9.17, 15) is 13.2 Å². The van der Waals surface area contributed by atoms with Crippen molar-refractivity contribution < 1.29 is 27.5 Å². The molecule has 0 atom stereocenters. The number of hydrogen-bond donors (Lipinski definition) is 1. The average molecular weight is 508 g/mol. The normalized spacial score (nSPS) is 14.3. The molecule has 0 aliphatic carbocycles. The van der Waals surface area contributed by atoms with E-state index in [-0.39, 0.29) is 5.88 Å². The number of halogens is 3. The monoisotopic (exact) mass is 507 g/mol. The first-order valence-corrected chi connectivity index (χ1v) is 14.9. The summed E-state index contributed by atoms with van der Waals surface area (Å²) in [5.41, 5.74) is 4.65. The van der Waals surface area contributed by atoms with Gasteiger partial charge < -0.3 is 14.3 Å². The molecule has 1 N–H and O–H groups in total. The summed E-state index contributed by atoms with van der Waals surface area (Å²) in [6.45, 7) is 8.36. The first kappa shape index (κ1) is 25.0. The molecule has 0 saturated carbocycles. The zero-order valence-corrected chi connectivity index (χ0v) is 20.8. The Hall–Kier alpha value is -3.09. The zero-order chi connectivity index (χ0) is 25.1. The summed E-state index contributed by atoms with van der Waals surface area (Å²) < 4.78 is 51.9. The summed E-state index contributed by atoms with van der Waals surface area (Å²) in [5, 5.41) is 6.60. The van der Waals surface area contributed by atoms with E-state index in [0.29, 0.717) is 32.1 Å². The lowest BCUT2D eigenvalue weighted by atomic mass is 10.1. The number of anilines is 1. The number of hydrazine groups is 1. The SMILES string of the molecule is C[Si](C)(C)CCOCn1ncc2cccc(CCOc3cc(N4C=C(C(F)(F)F)ON4)ccn3)c21. The number of para-hydroxylation sites is 1. The molecule has 1 aliphatic rings. The standard InChI is InChI=1S/C23H28F3N5O3Si/c1-35(2,3)12-11-32-16-31-22-17(5-4-6-18(22)14-28-31)8-10-33-21-13-19(7-9-27-21)30-15-20(34-29-30)23(24,25)26/h4-7,9,13-15,29H,8,10-12,16H2,1-3H3. The molecule has 188 valence electrons. The molecule has 3 heterocycles. The summed E-state index contributed by atoms with van der Waals surface area (Å²) in [5.74, 6) is -0.848. The van der Waals surface area contributed by atoms with Gasteiger partial charge in [-0.3, -0.25) is 0 Å². The summed E-state index contributed by atoms with van der Waals surface area (Å²) >= 11 is 0. The molecule has 3 aromatic rings. The summed E-state index contributed by atoms with van der Waals surface area (Å²) in [6.07, 6.45) is 0.112. The Labute approximate surface area is 202 Å². The third-order valence-electron chi connectivity index (χ3n) is 5.35. The number of rotatable bonds is 10. The molecule has 1 aliphatic heterocycles. The highest BCUT2D eigenvalue weighted by atomic mass is 28.3. The molecule has 0 bridgehead atoms. The first-order valence-electron chi connectivity index (χ1n) is 11.2. The van der Waals surface area contributed by atoms with Crippen LogP contribution in [-0.2, 0) is 22.7 Å². The highest BCUT2D eigenvalue weighted by molar-refractivity contribution is 6.76. The van der Waals surface area contributed by atoms with Crippen LogP contribution in [0.4, 0.5) is 18.9 Å². The van der Waals surface area contributed by atoms with Crippen molar-refractivity contribution >= 4 is 24.7 Å². The van der Waals surface area contributed by atoms with Gasteiger partial charge in [0.1, 0.15) is 6.73 Å². The second-order valence-corrected chi connectivity index (χ2v) is 15.0. The highest BCUT2D eigenvalue weighted by Crippen LogP contribution is 2.31. The van der Waals surface area contributed by atoms with Gasteiger partial charge in [0, 0.05) is 38.8 Å². The van der Waals surface area contributed by atoms with E-state index in [1.54, 1.807) is 6.07 Å². The Morgan fingerprint density at radius 3 is 2.71 bits per heavy atom. The topological polar surface area (TPSA) is 73.7 Å². The van der Waals surface area contributed by atoms with Gasteiger partial charge >= 0.3 is 6.18 Å². The van der Waals surface area contributed by atoms with Gasteiger partial charge in [-0.05, 0) is 17.7 Å². The summed E-state index contributed by atoms with van der Waals surface area (Å²) in [7, 11) is -1.16. The second kappa shape index (κ2) is 10.3. The van der Waals surface area contributed by atoms with E-state index in [1.165, 1.54) is 12.3 Å². The summed E-state index contributed by atoms with van der Waals surface area (Å²) in [4.78, 5) is 8.65. The van der Waals surface area contributed by atoms with Crippen molar-refractivity contribution in [2.24, 2.45) is 0 Å². The molecule has 4 rings (SSSR count). The molecule has 8 nitrogen and oxygen atoms in total. The molecule has 0 radical (unpaired) electrons. The predicted octanol–water partition coefficient (Wildman–Crippen LogP) is 5.03. The first-order chi connectivity index (χ1) is 16.6. The number of nitrogens with one attached hydrogen (secondary N) is 1. The lowest BCUT2D eigenvalue weighted by Gasteiger charge is -2.16. The van der Waals surface area contributed by atoms with Crippen LogP contribution in [0, 0.1) is 0 Å². The molecule has 2 aromatic heterocycles. The van der Waals surface area contributed by atoms with E-state index in [0.717, 1.165) is 33.7 Å². The molecular formula is C23H28F3N5O3Si. The van der Waals surface area contributed by atoms with Crippen LogP contribution in [0.5, 0.6) is 5.88 Å². The van der Waals surface area contributed by atoms with Gasteiger partial charge in [-0.2, -0.15) is 18.3 Å². The van der Waals surface area contributed by atoms with Crippen LogP contribution in [-0.4, -0.2) is 42.2 Å². The van der Waals surface area contributed by atoms with Crippen LogP contribution >= 0.6 is 0 Å². The van der Waals surface area contributed by atoms with Crippen molar-refractivity contribution in [3.05, 3.63) is 60.2 Å². The van der Waals surface area contributed by atoms with Gasteiger partial charge in [0.15, 0.2) is 0 Å². The van der Waals surface area contributed by atoms with Crippen LogP contribution in [0.3, 0.4) is 0 Å². The van der Waals surface area contributed by atoms with Crippen LogP contribution in [0.15, 0.2) is 54.7 Å². The number of hydrogen-bond acceptors (Lipinski definition) is 7. The fourth-order valence-electron chi connectivity index (χ4n) is 3.47. The average Bonchev–Trinajstić information content (AvgIpc) is 3.45. The predicted molar refractivity (Wildman–Crippen MR) is 128 cm³/mol. The van der Waals surface area contributed by atoms with Gasteiger partial charge in [0.2, 0.25) is 11.6 Å². The quantitative estimate of drug-likeness (QED) is 0.305. The molecule has 0 amide bonds. The fraction of sp³-hybridized carbons (Fsp3) is 0.391. The number of pyridine rings is 1. The Kier molecular flexibility index (Phi) is 7.33. The highest BCUT2D eigenvalue weighted by Gasteiger charge is 2.40. The number of allylic oxidation sites excluding steroid dienone is 1. The van der Waals surface area contributed by atoms with Crippen molar-refractivity contribution in [1.29, 1.82) is 0 Å². The Balaban J connectivity index is 1.38. The van der Waals surface area contributed by atoms with Gasteiger partial charge in [-0.15, -0.1) is 0 Å². The molecule has 0 spiro atoms. The van der Waals surface area contributed by atoms with Crippen molar-refractivity contribution in [3.8, 4) is 5.88 Å². The Morgan fingerprint density at radius 1 is 1.14 bits per heavy atom. The Bertz CT molecular complexity index is 1190. The minimum atomic E-state index is -4.58. The zero-order valence-electron chi connectivity index (χ0n) is 19.8. The largest absolute Gasteiger partial charge is 0.477 e. The van der Waals surface area contributed by atoms with E-state index < -0.39 is 20.0 Å². The van der Waals surface area contributed by atoms with Crippen molar-refractivity contribution in [2.75, 3.05) is 18.2 Å². The van der Waals surface area contributed by atoms with E-state index >= 15 is 0 Å². The van der Waals surface area contributed by atoms with Gasteiger partial charge in [-0.25, -0.2) is 14.7 Å². The lowest BCUT2D eigenvalue weighted by molar-refractivity contribution is -0.136. The number of ether oxygens (including phenoxy) is 2. The molecule has 12 heteroatoms. The molecule has 0 saturated heterocycles. The number of benzene rings is 1. The third kappa shape index (κ3) is 6.53. The van der Waals surface area contributed by atoms with Gasteiger partial charge in [0.25, 0.3) is 0 Å². The number of fused-ring (bicyclic) bond motifs is 1. The van der Waals surface area contributed by atoms with E-state index in [2.05, 4.69) is 40.2 Å². The van der Waals surface area contributed by atoms with Crippen molar-refractivity contribution in [2.45, 2.75) is 45.0 Å². The van der Waals surface area contributed by atoms with Crippen molar-refractivity contribution in [1.82, 2.24) is 20.4 Å². The molecule has 0 fully saturated rings. The van der Waals surface area contributed by atoms with Gasteiger partial charge in [-0.1, -0.05) is 43.4 Å². The van der Waals surface area contributed by atoms with Crippen LogP contribution in [0.2, 0.25) is 25.7 Å². The third-order valence-corrected chi connectivity index (χ3v) is 7.06. The maximum absolute atomic E-state index is 12.8. The number of alkyl halides is 3. The minimum absolute atomic E-state index is 0.286. The fourth-order valence-corrected chi connectivity index (χ4v) is 4.23. The maximum atomic E-state index is 12.8. The second-order valence-electron chi connectivity index (χ2n) is 9.35. The van der Waals surface area contributed by atoms with E-state index in [4.69, 9.17) is 9.47 Å². The smallest absolute Gasteiger partial charge is 0.453 e. The molecule has 35 heavy (non-hydrogen) atoms. The van der Waals surface area contributed by atoms with Crippen LogP contribution in [0.25, 0.3) is 10.9 Å². The Morgan fingerprint density at radius 2 is 1.97 bits per heavy atom. The summed E-state index contributed by atoms with van der Waals surface area (Å²) in [6, 6.07) is 10.2. The van der Waals surface area contributed by atoms with Crippen LogP contribution in [0.1, 0.15) is 5.56 Å². The molecule has 0 unspecified atom stereocenters. The molecular weight excluding hydrogens is 479 g/mol. The lowest BCUT2D eigenvalue weighted by Crippen LogP contribution is -2.27. The van der Waals surface area contributed by atoms with Crippen molar-refractivity contribution in [3.63, 3.8) is 0 Å².